The fraction of sp³-hybridized carbons (Fsp3) is 0.333. The van der Waals surface area contributed by atoms with Gasteiger partial charge in [-0.15, -0.1) is 0 Å². The fourth-order valence-electron chi connectivity index (χ4n) is 1.82. The second-order valence-electron chi connectivity index (χ2n) is 4.15. The molecule has 0 saturated carbocycles. The summed E-state index contributed by atoms with van der Waals surface area (Å²) < 4.78 is 0. The van der Waals surface area contributed by atoms with Crippen molar-refractivity contribution in [2.45, 2.75) is 18.2 Å². The molecule has 1 aromatic carbocycles. The molecule has 1 heterocycles. The fourth-order valence-corrected chi connectivity index (χ4v) is 1.82. The molecule has 0 aromatic heterocycles. The summed E-state index contributed by atoms with van der Waals surface area (Å²) in [5.41, 5.74) is 5.91. The van der Waals surface area contributed by atoms with Crippen LogP contribution in [0.2, 0.25) is 0 Å². The summed E-state index contributed by atoms with van der Waals surface area (Å²) in [5.74, 6) is -0.876. The summed E-state index contributed by atoms with van der Waals surface area (Å²) >= 11 is 0. The number of hydrogen-bond acceptors (Lipinski definition) is 4. The second-order valence-corrected chi connectivity index (χ2v) is 4.15. The van der Waals surface area contributed by atoms with Crippen LogP contribution in [0.3, 0.4) is 0 Å². The number of aliphatic hydroxyl groups excluding tert-OH is 1. The van der Waals surface area contributed by atoms with Gasteiger partial charge < -0.3 is 21.5 Å². The predicted octanol–water partition coefficient (Wildman–Crippen LogP) is -1.34. The quantitative estimate of drug-likeness (QED) is 0.496. The van der Waals surface area contributed by atoms with Crippen molar-refractivity contribution in [2.24, 2.45) is 5.73 Å². The Bertz CT molecular complexity index is 449. The summed E-state index contributed by atoms with van der Waals surface area (Å²) in [4.78, 5) is 23.0. The molecule has 5 N–H and O–H groups in total. The lowest BCUT2D eigenvalue weighted by Crippen LogP contribution is -2.71. The minimum atomic E-state index is -1.28. The lowest BCUT2D eigenvalue weighted by molar-refractivity contribution is -0.139. The zero-order chi connectivity index (χ0) is 13.1. The Balaban J connectivity index is 1.98. The first-order valence-corrected chi connectivity index (χ1v) is 5.67. The smallest absolute Gasteiger partial charge is 0.254 e. The van der Waals surface area contributed by atoms with Crippen molar-refractivity contribution < 1.29 is 14.7 Å². The number of benzene rings is 1. The van der Waals surface area contributed by atoms with Crippen LogP contribution in [0.1, 0.15) is 11.7 Å². The zero-order valence-corrected chi connectivity index (χ0v) is 9.67. The van der Waals surface area contributed by atoms with E-state index in [1.54, 1.807) is 30.3 Å². The first-order valence-electron chi connectivity index (χ1n) is 5.67. The molecule has 1 unspecified atom stereocenters. The molecule has 6 heteroatoms. The Morgan fingerprint density at radius 2 is 2.11 bits per heavy atom. The Labute approximate surface area is 104 Å². The van der Waals surface area contributed by atoms with E-state index in [4.69, 9.17) is 5.73 Å². The molecule has 6 nitrogen and oxygen atoms in total. The van der Waals surface area contributed by atoms with Crippen molar-refractivity contribution in [3.05, 3.63) is 35.9 Å². The van der Waals surface area contributed by atoms with Crippen LogP contribution < -0.4 is 16.4 Å². The number of carbonyl (C=O) groups excluding carboxylic acids is 2. The van der Waals surface area contributed by atoms with Crippen molar-refractivity contribution in [1.82, 2.24) is 10.6 Å². The molecule has 0 aliphatic carbocycles. The van der Waals surface area contributed by atoms with E-state index >= 15 is 0 Å². The van der Waals surface area contributed by atoms with Crippen LogP contribution >= 0.6 is 0 Å². The van der Waals surface area contributed by atoms with Crippen molar-refractivity contribution in [1.29, 1.82) is 0 Å². The first-order chi connectivity index (χ1) is 8.63. The highest BCUT2D eigenvalue weighted by molar-refractivity contribution is 5.94. The standard InChI is InChI=1S/C12H15N3O3/c13-6-8-9(11(17)14-8)15-12(18)10(16)7-4-2-1-3-5-7/h1-5,8-10,16H,6,13H2,(H,14,17)(H,15,18)/t8-,9+,10?/m0/s1. The number of nitrogens with two attached hydrogens (primary N) is 1. The lowest BCUT2D eigenvalue weighted by atomic mass is 9.98. The van der Waals surface area contributed by atoms with Crippen LogP contribution in [0.15, 0.2) is 30.3 Å². The third-order valence-corrected chi connectivity index (χ3v) is 2.93. The summed E-state index contributed by atoms with van der Waals surface area (Å²) in [6.45, 7) is 0.248. The third kappa shape index (κ3) is 2.34. The molecule has 1 aliphatic heterocycles. The SMILES string of the molecule is NC[C@@H]1NC(=O)[C@@H]1NC(=O)C(O)c1ccccc1. The van der Waals surface area contributed by atoms with Crippen LogP contribution in [-0.4, -0.2) is 35.5 Å². The lowest BCUT2D eigenvalue weighted by Gasteiger charge is -2.36. The minimum absolute atomic E-state index is 0.248. The van der Waals surface area contributed by atoms with Crippen molar-refractivity contribution in [2.75, 3.05) is 6.54 Å². The van der Waals surface area contributed by atoms with Crippen molar-refractivity contribution in [3.63, 3.8) is 0 Å². The maximum atomic E-state index is 11.8. The molecule has 0 spiro atoms. The van der Waals surface area contributed by atoms with Gasteiger partial charge in [-0.05, 0) is 5.56 Å². The number of carbonyl (C=O) groups is 2. The molecule has 1 aliphatic rings. The van der Waals surface area contributed by atoms with Gasteiger partial charge in [0.25, 0.3) is 5.91 Å². The molecule has 2 rings (SSSR count). The van der Waals surface area contributed by atoms with Gasteiger partial charge in [-0.3, -0.25) is 9.59 Å². The highest BCUT2D eigenvalue weighted by atomic mass is 16.3. The van der Waals surface area contributed by atoms with E-state index in [2.05, 4.69) is 10.6 Å². The van der Waals surface area contributed by atoms with Gasteiger partial charge in [0, 0.05) is 6.54 Å². The summed E-state index contributed by atoms with van der Waals surface area (Å²) in [7, 11) is 0. The van der Waals surface area contributed by atoms with Crippen LogP contribution in [0.25, 0.3) is 0 Å². The third-order valence-electron chi connectivity index (χ3n) is 2.93. The van der Waals surface area contributed by atoms with E-state index in [1.165, 1.54) is 0 Å². The average molecular weight is 249 g/mol. The van der Waals surface area contributed by atoms with Gasteiger partial charge in [-0.1, -0.05) is 30.3 Å². The minimum Gasteiger partial charge on any atom is -0.378 e. The molecule has 1 saturated heterocycles. The largest absolute Gasteiger partial charge is 0.378 e. The van der Waals surface area contributed by atoms with Crippen LogP contribution in [-0.2, 0) is 9.59 Å². The molecule has 3 atom stereocenters. The molecular weight excluding hydrogens is 234 g/mol. The van der Waals surface area contributed by atoms with Gasteiger partial charge in [-0.25, -0.2) is 0 Å². The monoisotopic (exact) mass is 249 g/mol. The summed E-state index contributed by atoms with van der Waals surface area (Å²) in [6, 6.07) is 7.62. The summed E-state index contributed by atoms with van der Waals surface area (Å²) in [5, 5.41) is 14.9. The van der Waals surface area contributed by atoms with Crippen molar-refractivity contribution in [3.8, 4) is 0 Å². The van der Waals surface area contributed by atoms with E-state index in [1.807, 2.05) is 0 Å². The molecule has 0 bridgehead atoms. The Morgan fingerprint density at radius 3 is 2.67 bits per heavy atom. The number of amides is 2. The number of aliphatic hydroxyl groups is 1. The topological polar surface area (TPSA) is 104 Å². The Hall–Kier alpha value is -1.92. The van der Waals surface area contributed by atoms with E-state index in [0.29, 0.717) is 5.56 Å². The van der Waals surface area contributed by atoms with Crippen molar-refractivity contribution >= 4 is 11.8 Å². The van der Waals surface area contributed by atoms with E-state index in [-0.39, 0.29) is 18.5 Å². The molecule has 1 aromatic rings. The Kier molecular flexibility index (Phi) is 3.59. The number of hydrogen-bond donors (Lipinski definition) is 4. The predicted molar refractivity (Wildman–Crippen MR) is 64.3 cm³/mol. The molecule has 0 radical (unpaired) electrons. The van der Waals surface area contributed by atoms with E-state index in [9.17, 15) is 14.7 Å². The normalized spacial score (nSPS) is 23.8. The van der Waals surface area contributed by atoms with Gasteiger partial charge in [0.1, 0.15) is 6.04 Å². The number of β-lactam (4-membered cyclic amide) rings is 1. The first kappa shape index (κ1) is 12.5. The van der Waals surface area contributed by atoms with Gasteiger partial charge in [-0.2, -0.15) is 0 Å². The van der Waals surface area contributed by atoms with Crippen LogP contribution in [0, 0.1) is 0 Å². The zero-order valence-electron chi connectivity index (χ0n) is 9.67. The molecule has 96 valence electrons. The molecular formula is C12H15N3O3. The van der Waals surface area contributed by atoms with Gasteiger partial charge in [0.15, 0.2) is 6.10 Å². The molecule has 18 heavy (non-hydrogen) atoms. The summed E-state index contributed by atoms with van der Waals surface area (Å²) in [6.07, 6.45) is -1.28. The molecule has 2 amide bonds. The number of rotatable bonds is 4. The average Bonchev–Trinajstić information content (AvgIpc) is 2.41. The Morgan fingerprint density at radius 1 is 1.44 bits per heavy atom. The van der Waals surface area contributed by atoms with Gasteiger partial charge in [0.05, 0.1) is 6.04 Å². The highest BCUT2D eigenvalue weighted by Crippen LogP contribution is 2.13. The van der Waals surface area contributed by atoms with Gasteiger partial charge in [0.2, 0.25) is 5.91 Å². The second kappa shape index (κ2) is 5.16. The van der Waals surface area contributed by atoms with Crippen LogP contribution in [0.4, 0.5) is 0 Å². The van der Waals surface area contributed by atoms with E-state index in [0.717, 1.165) is 0 Å². The molecule has 1 fully saturated rings. The van der Waals surface area contributed by atoms with E-state index < -0.39 is 18.1 Å². The van der Waals surface area contributed by atoms with Crippen LogP contribution in [0.5, 0.6) is 0 Å². The number of nitrogens with one attached hydrogen (secondary N) is 2. The maximum Gasteiger partial charge on any atom is 0.254 e. The van der Waals surface area contributed by atoms with Gasteiger partial charge >= 0.3 is 0 Å². The highest BCUT2D eigenvalue weighted by Gasteiger charge is 2.40. The maximum absolute atomic E-state index is 11.8.